The highest BCUT2D eigenvalue weighted by molar-refractivity contribution is 5.54. The van der Waals surface area contributed by atoms with Gasteiger partial charge >= 0.3 is 0 Å². The molecule has 1 aromatic carbocycles. The Morgan fingerprint density at radius 2 is 2.10 bits per heavy atom. The largest absolute Gasteiger partial charge is 0.390 e. The molecule has 0 radical (unpaired) electrons. The van der Waals surface area contributed by atoms with Crippen molar-refractivity contribution < 1.29 is 5.11 Å². The molecule has 3 nitrogen and oxygen atoms in total. The molecule has 0 bridgehead atoms. The summed E-state index contributed by atoms with van der Waals surface area (Å²) in [6.45, 7) is 10.4. The van der Waals surface area contributed by atoms with E-state index in [9.17, 15) is 5.11 Å². The highest BCUT2D eigenvalue weighted by Crippen LogP contribution is 2.27. The molecule has 118 valence electrons. The van der Waals surface area contributed by atoms with Crippen LogP contribution in [0.4, 0.5) is 5.69 Å². The van der Waals surface area contributed by atoms with Crippen LogP contribution in [0, 0.1) is 6.92 Å². The van der Waals surface area contributed by atoms with E-state index in [0.717, 1.165) is 45.4 Å². The molecular weight excluding hydrogens is 260 g/mol. The quantitative estimate of drug-likeness (QED) is 0.817. The number of benzene rings is 1. The summed E-state index contributed by atoms with van der Waals surface area (Å²) in [5.41, 5.74) is 3.53. The summed E-state index contributed by atoms with van der Waals surface area (Å²) in [6, 6.07) is 6.77. The van der Waals surface area contributed by atoms with Crippen molar-refractivity contribution in [1.82, 2.24) is 5.32 Å². The van der Waals surface area contributed by atoms with Crippen molar-refractivity contribution in [2.75, 3.05) is 24.5 Å². The topological polar surface area (TPSA) is 35.5 Å². The Balaban J connectivity index is 2.03. The van der Waals surface area contributed by atoms with Crippen LogP contribution < -0.4 is 10.2 Å². The van der Waals surface area contributed by atoms with E-state index < -0.39 is 5.60 Å². The van der Waals surface area contributed by atoms with Crippen LogP contribution in [0.15, 0.2) is 18.2 Å². The number of nitrogens with one attached hydrogen (secondary N) is 1. The van der Waals surface area contributed by atoms with Gasteiger partial charge in [0.15, 0.2) is 0 Å². The van der Waals surface area contributed by atoms with Crippen LogP contribution in [-0.4, -0.2) is 30.3 Å². The molecule has 1 fully saturated rings. The number of rotatable bonds is 5. The van der Waals surface area contributed by atoms with Crippen molar-refractivity contribution in [3.63, 3.8) is 0 Å². The van der Waals surface area contributed by atoms with Gasteiger partial charge in [-0.3, -0.25) is 0 Å². The lowest BCUT2D eigenvalue weighted by molar-refractivity contribution is 0.0481. The highest BCUT2D eigenvalue weighted by atomic mass is 16.3. The predicted molar refractivity (Wildman–Crippen MR) is 89.9 cm³/mol. The van der Waals surface area contributed by atoms with Gasteiger partial charge in [0, 0.05) is 25.3 Å². The van der Waals surface area contributed by atoms with Gasteiger partial charge in [-0.1, -0.05) is 19.1 Å². The molecular formula is C18H30N2O. The summed E-state index contributed by atoms with van der Waals surface area (Å²) in [5.74, 6) is 0. The molecule has 1 unspecified atom stereocenters. The van der Waals surface area contributed by atoms with Crippen LogP contribution >= 0.6 is 0 Å². The van der Waals surface area contributed by atoms with Crippen molar-refractivity contribution in [1.29, 1.82) is 0 Å². The van der Waals surface area contributed by atoms with Crippen LogP contribution in [0.25, 0.3) is 0 Å². The van der Waals surface area contributed by atoms with Gasteiger partial charge in [-0.05, 0) is 63.3 Å². The zero-order valence-corrected chi connectivity index (χ0v) is 13.8. The van der Waals surface area contributed by atoms with Gasteiger partial charge in [-0.15, -0.1) is 0 Å². The van der Waals surface area contributed by atoms with E-state index in [2.05, 4.69) is 42.3 Å². The number of nitrogens with zero attached hydrogens (tertiary/aromatic N) is 1. The number of hydrogen-bond donors (Lipinski definition) is 2. The fraction of sp³-hybridized carbons (Fsp3) is 0.667. The van der Waals surface area contributed by atoms with Crippen molar-refractivity contribution >= 4 is 5.69 Å². The Morgan fingerprint density at radius 1 is 1.29 bits per heavy atom. The van der Waals surface area contributed by atoms with Crippen LogP contribution in [0.5, 0.6) is 0 Å². The molecule has 1 heterocycles. The maximum Gasteiger partial charge on any atom is 0.0637 e. The smallest absolute Gasteiger partial charge is 0.0637 e. The number of hydrogen-bond acceptors (Lipinski definition) is 3. The molecule has 0 amide bonds. The van der Waals surface area contributed by atoms with Gasteiger partial charge in [-0.25, -0.2) is 0 Å². The average Bonchev–Trinajstić information content (AvgIpc) is 2.60. The first-order valence-corrected chi connectivity index (χ1v) is 8.29. The van der Waals surface area contributed by atoms with Gasteiger partial charge in [0.2, 0.25) is 0 Å². The highest BCUT2D eigenvalue weighted by Gasteiger charge is 2.25. The number of anilines is 1. The minimum absolute atomic E-state index is 0.493. The maximum atomic E-state index is 10.2. The van der Waals surface area contributed by atoms with E-state index in [1.54, 1.807) is 0 Å². The zero-order valence-electron chi connectivity index (χ0n) is 13.8. The monoisotopic (exact) mass is 290 g/mol. The van der Waals surface area contributed by atoms with Crippen LogP contribution in [0.2, 0.25) is 0 Å². The number of aryl methyl sites for hydroxylation is 1. The Bertz CT molecular complexity index is 457. The summed E-state index contributed by atoms with van der Waals surface area (Å²) in [4.78, 5) is 2.43. The average molecular weight is 290 g/mol. The molecule has 0 aromatic heterocycles. The van der Waals surface area contributed by atoms with Gasteiger partial charge < -0.3 is 15.3 Å². The third kappa shape index (κ3) is 4.72. The second-order valence-corrected chi connectivity index (χ2v) is 6.64. The molecule has 0 spiro atoms. The van der Waals surface area contributed by atoms with Crippen molar-refractivity contribution in [3.05, 3.63) is 29.3 Å². The minimum atomic E-state index is -0.493. The van der Waals surface area contributed by atoms with Crippen LogP contribution in [0.3, 0.4) is 0 Å². The summed E-state index contributed by atoms with van der Waals surface area (Å²) in [6.07, 6.45) is 3.99. The summed E-state index contributed by atoms with van der Waals surface area (Å²) in [7, 11) is 0. The SMILES string of the molecule is CCCNCc1ccc(N2CCCC(C)(O)CC2)c(C)c1. The first-order chi connectivity index (χ1) is 10.0. The van der Waals surface area contributed by atoms with E-state index in [-0.39, 0.29) is 0 Å². The fourth-order valence-electron chi connectivity index (χ4n) is 3.10. The van der Waals surface area contributed by atoms with Crippen molar-refractivity contribution in [2.24, 2.45) is 0 Å². The summed E-state index contributed by atoms with van der Waals surface area (Å²) in [5, 5.41) is 13.7. The third-order valence-corrected chi connectivity index (χ3v) is 4.42. The molecule has 2 N–H and O–H groups in total. The van der Waals surface area contributed by atoms with Gasteiger partial charge in [0.25, 0.3) is 0 Å². The summed E-state index contributed by atoms with van der Waals surface area (Å²) >= 11 is 0. The maximum absolute atomic E-state index is 10.2. The molecule has 3 heteroatoms. The lowest BCUT2D eigenvalue weighted by Crippen LogP contribution is -2.28. The molecule has 1 atom stereocenters. The standard InChI is InChI=1S/C18H30N2O/c1-4-10-19-14-16-6-7-17(15(2)13-16)20-11-5-8-18(3,21)9-12-20/h6-7,13,19,21H,4-5,8-12,14H2,1-3H3. The molecule has 0 aliphatic carbocycles. The van der Waals surface area contributed by atoms with Crippen molar-refractivity contribution in [2.45, 2.75) is 58.6 Å². The van der Waals surface area contributed by atoms with E-state index in [4.69, 9.17) is 0 Å². The first kappa shape index (κ1) is 16.3. The van der Waals surface area contributed by atoms with E-state index in [1.165, 1.54) is 23.2 Å². The normalized spacial score (nSPS) is 23.1. The van der Waals surface area contributed by atoms with Gasteiger partial charge in [-0.2, -0.15) is 0 Å². The Labute approximate surface area is 129 Å². The Kier molecular flexibility index (Phi) is 5.65. The van der Waals surface area contributed by atoms with Crippen LogP contribution in [-0.2, 0) is 6.54 Å². The van der Waals surface area contributed by atoms with Gasteiger partial charge in [0.1, 0.15) is 0 Å². The Morgan fingerprint density at radius 3 is 2.81 bits per heavy atom. The Hall–Kier alpha value is -1.06. The predicted octanol–water partition coefficient (Wildman–Crippen LogP) is 3.24. The first-order valence-electron chi connectivity index (χ1n) is 8.29. The van der Waals surface area contributed by atoms with E-state index in [1.807, 2.05) is 6.92 Å². The molecule has 1 aromatic rings. The molecule has 1 aliphatic heterocycles. The lowest BCUT2D eigenvalue weighted by atomic mass is 9.98. The minimum Gasteiger partial charge on any atom is -0.390 e. The second-order valence-electron chi connectivity index (χ2n) is 6.64. The zero-order chi connectivity index (χ0) is 15.3. The molecule has 2 rings (SSSR count). The molecule has 0 saturated carbocycles. The third-order valence-electron chi connectivity index (χ3n) is 4.42. The fourth-order valence-corrected chi connectivity index (χ4v) is 3.10. The lowest BCUT2D eigenvalue weighted by Gasteiger charge is -2.26. The molecule has 1 saturated heterocycles. The van der Waals surface area contributed by atoms with E-state index >= 15 is 0 Å². The summed E-state index contributed by atoms with van der Waals surface area (Å²) < 4.78 is 0. The second kappa shape index (κ2) is 7.28. The van der Waals surface area contributed by atoms with Crippen molar-refractivity contribution in [3.8, 4) is 0 Å². The van der Waals surface area contributed by atoms with E-state index in [0.29, 0.717) is 0 Å². The van der Waals surface area contributed by atoms with Gasteiger partial charge in [0.05, 0.1) is 5.60 Å². The molecule has 21 heavy (non-hydrogen) atoms. The molecule has 1 aliphatic rings. The van der Waals surface area contributed by atoms with Crippen LogP contribution in [0.1, 0.15) is 50.7 Å². The number of aliphatic hydroxyl groups is 1.